The molecule has 0 aliphatic rings. The van der Waals surface area contributed by atoms with Crippen LogP contribution in [0.15, 0.2) is 66.5 Å². The minimum atomic E-state index is 0.951. The van der Waals surface area contributed by atoms with Crippen molar-refractivity contribution in [3.63, 3.8) is 0 Å². The number of unbranched alkanes of at least 4 members (excludes halogenated alkanes) is 7. The van der Waals surface area contributed by atoms with E-state index in [1.165, 1.54) is 74.5 Å². The molecular formula is C25H36N2. The first-order chi connectivity index (χ1) is 13.3. The van der Waals surface area contributed by atoms with Gasteiger partial charge in [0.1, 0.15) is 0 Å². The fourth-order valence-corrected chi connectivity index (χ4v) is 3.32. The van der Waals surface area contributed by atoms with E-state index in [0.717, 1.165) is 13.1 Å². The van der Waals surface area contributed by atoms with Crippen LogP contribution in [0.3, 0.4) is 0 Å². The van der Waals surface area contributed by atoms with E-state index < -0.39 is 0 Å². The Morgan fingerprint density at radius 2 is 1.56 bits per heavy atom. The first-order valence-corrected chi connectivity index (χ1v) is 10.6. The van der Waals surface area contributed by atoms with Gasteiger partial charge in [-0.3, -0.25) is 4.98 Å². The number of nitrogens with one attached hydrogen (secondary N) is 1. The zero-order valence-electron chi connectivity index (χ0n) is 17.0. The summed E-state index contributed by atoms with van der Waals surface area (Å²) in [7, 11) is 0. The second-order valence-electron chi connectivity index (χ2n) is 7.51. The molecule has 1 aromatic carbocycles. The zero-order chi connectivity index (χ0) is 19.0. The third-order valence-electron chi connectivity index (χ3n) is 4.96. The lowest BCUT2D eigenvalue weighted by atomic mass is 10.0. The van der Waals surface area contributed by atoms with Gasteiger partial charge in [-0.2, -0.15) is 0 Å². The van der Waals surface area contributed by atoms with Crippen molar-refractivity contribution in [3.8, 4) is 0 Å². The molecule has 0 amide bonds. The van der Waals surface area contributed by atoms with Crippen molar-refractivity contribution in [2.75, 3.05) is 6.54 Å². The first-order valence-electron chi connectivity index (χ1n) is 10.6. The molecule has 0 saturated heterocycles. The summed E-state index contributed by atoms with van der Waals surface area (Å²) in [6.45, 7) is 4.18. The molecule has 2 heteroatoms. The van der Waals surface area contributed by atoms with Gasteiger partial charge in [-0.15, -0.1) is 0 Å². The Hall–Kier alpha value is -1.93. The van der Waals surface area contributed by atoms with Gasteiger partial charge in [0.2, 0.25) is 0 Å². The Labute approximate surface area is 166 Å². The van der Waals surface area contributed by atoms with E-state index in [0.29, 0.717) is 0 Å². The number of allylic oxidation sites excluding steroid dienone is 1. The lowest BCUT2D eigenvalue weighted by Crippen LogP contribution is -2.15. The molecule has 2 rings (SSSR count). The SMILES string of the molecule is C/C(=C\CCCCCCCCCc1cccnc1)CNCc1ccccc1. The Kier molecular flexibility index (Phi) is 11.2. The number of aromatic nitrogens is 1. The van der Waals surface area contributed by atoms with Crippen LogP contribution >= 0.6 is 0 Å². The molecule has 0 saturated carbocycles. The Bertz CT molecular complexity index is 619. The first kappa shape index (κ1) is 21.4. The highest BCUT2D eigenvalue weighted by atomic mass is 14.8. The fourth-order valence-electron chi connectivity index (χ4n) is 3.32. The van der Waals surface area contributed by atoms with Crippen LogP contribution in [-0.2, 0) is 13.0 Å². The van der Waals surface area contributed by atoms with Crippen LogP contribution in [0.5, 0.6) is 0 Å². The van der Waals surface area contributed by atoms with E-state index >= 15 is 0 Å². The van der Waals surface area contributed by atoms with Crippen LogP contribution in [0, 0.1) is 0 Å². The van der Waals surface area contributed by atoms with Crippen LogP contribution in [0.1, 0.15) is 69.4 Å². The summed E-state index contributed by atoms with van der Waals surface area (Å²) in [5.74, 6) is 0. The quantitative estimate of drug-likeness (QED) is 0.306. The third-order valence-corrected chi connectivity index (χ3v) is 4.96. The van der Waals surface area contributed by atoms with Crippen LogP contribution in [-0.4, -0.2) is 11.5 Å². The number of pyridine rings is 1. The second kappa shape index (κ2) is 14.2. The monoisotopic (exact) mass is 364 g/mol. The minimum absolute atomic E-state index is 0.951. The predicted molar refractivity (Wildman–Crippen MR) is 117 cm³/mol. The summed E-state index contributed by atoms with van der Waals surface area (Å²) in [4.78, 5) is 4.18. The number of aryl methyl sites for hydroxylation is 1. The molecule has 0 aliphatic heterocycles. The van der Waals surface area contributed by atoms with E-state index in [2.05, 4.69) is 59.7 Å². The number of rotatable bonds is 14. The minimum Gasteiger partial charge on any atom is -0.309 e. The lowest BCUT2D eigenvalue weighted by molar-refractivity contribution is 0.580. The molecule has 27 heavy (non-hydrogen) atoms. The van der Waals surface area contributed by atoms with E-state index in [1.54, 1.807) is 0 Å². The van der Waals surface area contributed by atoms with Gasteiger partial charge in [-0.25, -0.2) is 0 Å². The highest BCUT2D eigenvalue weighted by Gasteiger charge is 1.95. The van der Waals surface area contributed by atoms with Gasteiger partial charge in [0.25, 0.3) is 0 Å². The molecule has 0 atom stereocenters. The fraction of sp³-hybridized carbons (Fsp3) is 0.480. The average Bonchev–Trinajstić information content (AvgIpc) is 2.71. The zero-order valence-corrected chi connectivity index (χ0v) is 17.0. The van der Waals surface area contributed by atoms with Crippen molar-refractivity contribution < 1.29 is 0 Å². The van der Waals surface area contributed by atoms with Crippen molar-refractivity contribution in [1.82, 2.24) is 10.3 Å². The van der Waals surface area contributed by atoms with Gasteiger partial charge in [-0.05, 0) is 49.8 Å². The third kappa shape index (κ3) is 10.7. The topological polar surface area (TPSA) is 24.9 Å². The van der Waals surface area contributed by atoms with Gasteiger partial charge < -0.3 is 5.32 Å². The molecule has 2 nitrogen and oxygen atoms in total. The maximum atomic E-state index is 4.18. The van der Waals surface area contributed by atoms with Crippen molar-refractivity contribution in [3.05, 3.63) is 77.6 Å². The molecule has 146 valence electrons. The molecule has 0 fully saturated rings. The summed E-state index contributed by atoms with van der Waals surface area (Å²) >= 11 is 0. The molecule has 0 bridgehead atoms. The maximum Gasteiger partial charge on any atom is 0.0299 e. The van der Waals surface area contributed by atoms with Gasteiger partial charge >= 0.3 is 0 Å². The molecular weight excluding hydrogens is 328 g/mol. The number of hydrogen-bond donors (Lipinski definition) is 1. The van der Waals surface area contributed by atoms with E-state index in [1.807, 2.05) is 18.5 Å². The molecule has 1 aromatic heterocycles. The van der Waals surface area contributed by atoms with Gasteiger partial charge in [-0.1, -0.05) is 80.2 Å². The highest BCUT2D eigenvalue weighted by Crippen LogP contribution is 2.11. The molecule has 0 aliphatic carbocycles. The van der Waals surface area contributed by atoms with Crippen LogP contribution in [0.25, 0.3) is 0 Å². The summed E-state index contributed by atoms with van der Waals surface area (Å²) in [6.07, 6.45) is 18.1. The van der Waals surface area contributed by atoms with Gasteiger partial charge in [0, 0.05) is 25.5 Å². The highest BCUT2D eigenvalue weighted by molar-refractivity contribution is 5.14. The Balaban J connectivity index is 1.38. The van der Waals surface area contributed by atoms with Crippen molar-refractivity contribution in [1.29, 1.82) is 0 Å². The van der Waals surface area contributed by atoms with E-state index in [4.69, 9.17) is 0 Å². The summed E-state index contributed by atoms with van der Waals surface area (Å²) in [5, 5.41) is 3.52. The van der Waals surface area contributed by atoms with Crippen LogP contribution < -0.4 is 5.32 Å². The van der Waals surface area contributed by atoms with Crippen molar-refractivity contribution in [2.45, 2.75) is 71.3 Å². The summed E-state index contributed by atoms with van der Waals surface area (Å²) in [5.41, 5.74) is 4.19. The maximum absolute atomic E-state index is 4.18. The molecule has 1 heterocycles. The number of benzene rings is 1. The number of hydrogen-bond acceptors (Lipinski definition) is 2. The molecule has 0 radical (unpaired) electrons. The predicted octanol–water partition coefficient (Wildman–Crippen LogP) is 6.48. The van der Waals surface area contributed by atoms with Crippen LogP contribution in [0.4, 0.5) is 0 Å². The van der Waals surface area contributed by atoms with Crippen molar-refractivity contribution >= 4 is 0 Å². The van der Waals surface area contributed by atoms with Crippen molar-refractivity contribution in [2.24, 2.45) is 0 Å². The summed E-state index contributed by atoms with van der Waals surface area (Å²) in [6, 6.07) is 14.8. The smallest absolute Gasteiger partial charge is 0.0299 e. The van der Waals surface area contributed by atoms with E-state index in [9.17, 15) is 0 Å². The Morgan fingerprint density at radius 1 is 0.852 bits per heavy atom. The lowest BCUT2D eigenvalue weighted by Gasteiger charge is -2.06. The van der Waals surface area contributed by atoms with Gasteiger partial charge in [0.05, 0.1) is 0 Å². The molecule has 0 unspecified atom stereocenters. The standard InChI is InChI=1S/C25H36N2/c1-23(20-27-22-24-16-11-8-12-17-24)14-9-6-4-2-3-5-7-10-15-25-18-13-19-26-21-25/h8,11-14,16-19,21,27H,2-7,9-10,15,20,22H2,1H3/b23-14+. The Morgan fingerprint density at radius 3 is 2.30 bits per heavy atom. The molecule has 2 aromatic rings. The second-order valence-corrected chi connectivity index (χ2v) is 7.51. The van der Waals surface area contributed by atoms with E-state index in [-0.39, 0.29) is 0 Å². The largest absolute Gasteiger partial charge is 0.309 e. The normalized spacial score (nSPS) is 11.7. The molecule has 1 N–H and O–H groups in total. The molecule has 0 spiro atoms. The summed E-state index contributed by atoms with van der Waals surface area (Å²) < 4.78 is 0. The average molecular weight is 365 g/mol. The van der Waals surface area contributed by atoms with Crippen LogP contribution in [0.2, 0.25) is 0 Å². The number of nitrogens with zero attached hydrogens (tertiary/aromatic N) is 1. The van der Waals surface area contributed by atoms with Gasteiger partial charge in [0.15, 0.2) is 0 Å².